The highest BCUT2D eigenvalue weighted by Gasteiger charge is 2.28. The largest absolute Gasteiger partial charge is 0.310 e. The van der Waals surface area contributed by atoms with Gasteiger partial charge in [0.1, 0.15) is 5.82 Å². The molecule has 2 heterocycles. The van der Waals surface area contributed by atoms with Crippen molar-refractivity contribution in [1.82, 2.24) is 9.55 Å². The third kappa shape index (κ3) is 3.80. The molecule has 0 fully saturated rings. The Hall–Kier alpha value is -5.61. The van der Waals surface area contributed by atoms with Crippen molar-refractivity contribution in [2.45, 2.75) is 0 Å². The highest BCUT2D eigenvalue weighted by molar-refractivity contribution is 5.97. The van der Waals surface area contributed by atoms with Crippen LogP contribution in [-0.4, -0.2) is 9.55 Å². The molecule has 0 saturated carbocycles. The van der Waals surface area contributed by atoms with Crippen LogP contribution in [-0.2, 0) is 0 Å². The molecule has 0 radical (unpaired) electrons. The molecule has 0 bridgehead atoms. The first-order valence-electron chi connectivity index (χ1n) is 13.8. The molecule has 0 aliphatic carbocycles. The third-order valence-corrected chi connectivity index (χ3v) is 7.69. The number of para-hydroxylation sites is 7. The predicted molar refractivity (Wildman–Crippen MR) is 169 cm³/mol. The molecular formula is C37H26N4. The summed E-state index contributed by atoms with van der Waals surface area (Å²) in [4.78, 5) is 9.80. The lowest BCUT2D eigenvalue weighted by molar-refractivity contribution is 1.11. The first kappa shape index (κ1) is 23.3. The van der Waals surface area contributed by atoms with Crippen LogP contribution in [0.2, 0.25) is 0 Å². The van der Waals surface area contributed by atoms with Crippen LogP contribution in [0, 0.1) is 0 Å². The molecule has 0 spiro atoms. The molecule has 1 aromatic heterocycles. The second-order valence-corrected chi connectivity index (χ2v) is 10.1. The first-order chi connectivity index (χ1) is 20.4. The molecule has 4 heteroatoms. The van der Waals surface area contributed by atoms with Gasteiger partial charge in [0.2, 0.25) is 0 Å². The van der Waals surface area contributed by atoms with E-state index < -0.39 is 0 Å². The van der Waals surface area contributed by atoms with Gasteiger partial charge in [0.05, 0.1) is 28.1 Å². The van der Waals surface area contributed by atoms with Crippen molar-refractivity contribution in [3.05, 3.63) is 158 Å². The summed E-state index contributed by atoms with van der Waals surface area (Å²) >= 11 is 0. The smallest absolute Gasteiger partial charge is 0.147 e. The zero-order valence-electron chi connectivity index (χ0n) is 22.3. The van der Waals surface area contributed by atoms with Crippen molar-refractivity contribution >= 4 is 45.2 Å². The van der Waals surface area contributed by atoms with E-state index in [2.05, 4.69) is 172 Å². The standard InChI is InChI=1S/C37H26N4/c1-3-14-27(15-4-1)39(28-16-5-2-6-17-28)29-18-13-19-30(26-29)40-33-22-9-7-20-31(33)37-38-32-21-8-10-23-34(32)41(37)36-25-12-11-24-35(36)40/h1-26H. The summed E-state index contributed by atoms with van der Waals surface area (Å²) in [7, 11) is 0. The molecule has 41 heavy (non-hydrogen) atoms. The van der Waals surface area contributed by atoms with E-state index in [1.54, 1.807) is 0 Å². The van der Waals surface area contributed by atoms with Crippen LogP contribution in [0.15, 0.2) is 158 Å². The van der Waals surface area contributed by atoms with Gasteiger partial charge in [-0.05, 0) is 78.9 Å². The SMILES string of the molecule is c1ccc(N(c2ccccc2)c2cccc(N3c4ccccc4-c4nc5ccccc5n4-c4ccccc43)c2)cc1. The zero-order valence-corrected chi connectivity index (χ0v) is 22.3. The van der Waals surface area contributed by atoms with E-state index in [1.165, 1.54) is 0 Å². The Morgan fingerprint density at radius 2 is 1.05 bits per heavy atom. The number of nitrogens with zero attached hydrogens (tertiary/aromatic N) is 4. The number of rotatable bonds is 4. The minimum absolute atomic E-state index is 0.947. The Morgan fingerprint density at radius 3 is 1.80 bits per heavy atom. The molecule has 0 atom stereocenters. The van der Waals surface area contributed by atoms with Crippen molar-refractivity contribution in [2.75, 3.05) is 9.80 Å². The summed E-state index contributed by atoms with van der Waals surface area (Å²) < 4.78 is 2.30. The Labute approximate surface area is 239 Å². The second-order valence-electron chi connectivity index (χ2n) is 10.1. The van der Waals surface area contributed by atoms with Gasteiger partial charge in [-0.1, -0.05) is 78.9 Å². The molecule has 0 saturated heterocycles. The number of fused-ring (bicyclic) bond motifs is 7. The zero-order chi connectivity index (χ0) is 27.2. The summed E-state index contributed by atoms with van der Waals surface area (Å²) in [5, 5.41) is 0. The van der Waals surface area contributed by atoms with E-state index >= 15 is 0 Å². The molecule has 194 valence electrons. The van der Waals surface area contributed by atoms with Gasteiger partial charge in [0, 0.05) is 28.3 Å². The van der Waals surface area contributed by atoms with E-state index in [4.69, 9.17) is 4.98 Å². The fraction of sp³-hybridized carbons (Fsp3) is 0. The van der Waals surface area contributed by atoms with Crippen LogP contribution in [0.4, 0.5) is 34.1 Å². The van der Waals surface area contributed by atoms with Gasteiger partial charge in [0.25, 0.3) is 0 Å². The van der Waals surface area contributed by atoms with Gasteiger partial charge in [0.15, 0.2) is 0 Å². The van der Waals surface area contributed by atoms with Gasteiger partial charge in [-0.2, -0.15) is 0 Å². The van der Waals surface area contributed by atoms with Crippen molar-refractivity contribution in [3.8, 4) is 17.1 Å². The number of aromatic nitrogens is 2. The number of anilines is 6. The Morgan fingerprint density at radius 1 is 0.463 bits per heavy atom. The fourth-order valence-electron chi connectivity index (χ4n) is 5.93. The van der Waals surface area contributed by atoms with Gasteiger partial charge in [-0.15, -0.1) is 0 Å². The van der Waals surface area contributed by atoms with E-state index in [0.29, 0.717) is 0 Å². The Kier molecular flexibility index (Phi) is 5.42. The van der Waals surface area contributed by atoms with Gasteiger partial charge >= 0.3 is 0 Å². The van der Waals surface area contributed by atoms with Crippen LogP contribution >= 0.6 is 0 Å². The lowest BCUT2D eigenvalue weighted by Crippen LogP contribution is -2.14. The summed E-state index contributed by atoms with van der Waals surface area (Å²) in [5.41, 5.74) is 10.9. The molecule has 0 amide bonds. The van der Waals surface area contributed by atoms with Crippen molar-refractivity contribution in [2.24, 2.45) is 0 Å². The van der Waals surface area contributed by atoms with E-state index in [-0.39, 0.29) is 0 Å². The maximum Gasteiger partial charge on any atom is 0.147 e. The van der Waals surface area contributed by atoms with Crippen LogP contribution in [0.5, 0.6) is 0 Å². The van der Waals surface area contributed by atoms with Crippen molar-refractivity contribution in [3.63, 3.8) is 0 Å². The van der Waals surface area contributed by atoms with Crippen LogP contribution < -0.4 is 9.80 Å². The maximum absolute atomic E-state index is 5.13. The van der Waals surface area contributed by atoms with Gasteiger partial charge in [-0.3, -0.25) is 4.57 Å². The van der Waals surface area contributed by atoms with Crippen molar-refractivity contribution in [1.29, 1.82) is 0 Å². The summed E-state index contributed by atoms with van der Waals surface area (Å²) in [5.74, 6) is 0.947. The maximum atomic E-state index is 5.13. The Bertz CT molecular complexity index is 1970. The summed E-state index contributed by atoms with van der Waals surface area (Å²) in [6.45, 7) is 0. The molecule has 1 aliphatic rings. The lowest BCUT2D eigenvalue weighted by atomic mass is 10.1. The molecular weight excluding hydrogens is 500 g/mol. The van der Waals surface area contributed by atoms with Crippen LogP contribution in [0.1, 0.15) is 0 Å². The fourth-order valence-corrected chi connectivity index (χ4v) is 5.93. The second kappa shape index (κ2) is 9.54. The van der Waals surface area contributed by atoms with Crippen molar-refractivity contribution < 1.29 is 0 Å². The number of benzene rings is 6. The molecule has 0 unspecified atom stereocenters. The third-order valence-electron chi connectivity index (χ3n) is 7.69. The Balaban J connectivity index is 1.37. The molecule has 0 N–H and O–H groups in total. The summed E-state index contributed by atoms with van der Waals surface area (Å²) in [6.07, 6.45) is 0. The minimum Gasteiger partial charge on any atom is -0.310 e. The topological polar surface area (TPSA) is 24.3 Å². The summed E-state index contributed by atoms with van der Waals surface area (Å²) in [6, 6.07) is 55.4. The number of hydrogen-bond acceptors (Lipinski definition) is 3. The number of imidazole rings is 1. The highest BCUT2D eigenvalue weighted by atomic mass is 15.2. The van der Waals surface area contributed by atoms with Crippen LogP contribution in [0.3, 0.4) is 0 Å². The first-order valence-corrected chi connectivity index (χ1v) is 13.8. The molecule has 4 nitrogen and oxygen atoms in total. The predicted octanol–water partition coefficient (Wildman–Crippen LogP) is 9.95. The molecule has 1 aliphatic heterocycles. The molecule has 6 aromatic carbocycles. The lowest BCUT2D eigenvalue weighted by Gasteiger charge is -2.30. The van der Waals surface area contributed by atoms with E-state index in [9.17, 15) is 0 Å². The van der Waals surface area contributed by atoms with Gasteiger partial charge in [-0.25, -0.2) is 4.98 Å². The average Bonchev–Trinajstić information content (AvgIpc) is 3.37. The quantitative estimate of drug-likeness (QED) is 0.228. The normalized spacial score (nSPS) is 11.9. The average molecular weight is 527 g/mol. The molecule has 7 aromatic rings. The minimum atomic E-state index is 0.947. The monoisotopic (exact) mass is 526 g/mol. The van der Waals surface area contributed by atoms with Gasteiger partial charge < -0.3 is 9.80 Å². The van der Waals surface area contributed by atoms with Crippen LogP contribution in [0.25, 0.3) is 28.1 Å². The highest BCUT2D eigenvalue weighted by Crippen LogP contribution is 2.48. The molecule has 8 rings (SSSR count). The van der Waals surface area contributed by atoms with E-state index in [1.807, 2.05) is 0 Å². The number of hydrogen-bond donors (Lipinski definition) is 0. The van der Waals surface area contributed by atoms with E-state index in [0.717, 1.165) is 62.2 Å².